The van der Waals surface area contributed by atoms with Crippen LogP contribution < -0.4 is 15.8 Å². The van der Waals surface area contributed by atoms with Gasteiger partial charge in [-0.3, -0.25) is 4.79 Å². The molecule has 0 unspecified atom stereocenters. The molecule has 1 amide bonds. The van der Waals surface area contributed by atoms with Gasteiger partial charge in [-0.2, -0.15) is 13.2 Å². The van der Waals surface area contributed by atoms with Crippen LogP contribution in [0, 0.1) is 0 Å². The number of aromatic nitrogens is 2. The van der Waals surface area contributed by atoms with Crippen molar-refractivity contribution in [2.45, 2.75) is 12.7 Å². The van der Waals surface area contributed by atoms with E-state index in [0.29, 0.717) is 5.56 Å². The molecule has 0 radical (unpaired) electrons. The summed E-state index contributed by atoms with van der Waals surface area (Å²) >= 11 is 0. The number of anilines is 1. The number of hydrogen-bond donors (Lipinski definition) is 2. The smallest absolute Gasteiger partial charge is 0.422 e. The van der Waals surface area contributed by atoms with Crippen LogP contribution in [0.2, 0.25) is 0 Å². The minimum Gasteiger partial charge on any atom is -0.468 e. The molecule has 0 aliphatic rings. The first-order chi connectivity index (χ1) is 10.8. The van der Waals surface area contributed by atoms with Crippen LogP contribution in [-0.2, 0) is 6.54 Å². The summed E-state index contributed by atoms with van der Waals surface area (Å²) in [5.74, 6) is -0.489. The number of nitrogens with two attached hydrogens (primary N) is 1. The predicted octanol–water partition coefficient (Wildman–Crippen LogP) is 2.13. The number of rotatable bonds is 6. The zero-order chi connectivity index (χ0) is 16.9. The molecule has 0 aromatic carbocycles. The lowest BCUT2D eigenvalue weighted by Gasteiger charge is -2.11. The zero-order valence-corrected chi connectivity index (χ0v) is 11.8. The lowest BCUT2D eigenvalue weighted by molar-refractivity contribution is -0.154. The number of nitrogens with one attached hydrogen (secondary N) is 1. The van der Waals surface area contributed by atoms with Gasteiger partial charge in [-0.1, -0.05) is 0 Å². The predicted molar refractivity (Wildman–Crippen MR) is 75.9 cm³/mol. The highest BCUT2D eigenvalue weighted by Gasteiger charge is 2.28. The fourth-order valence-corrected chi connectivity index (χ4v) is 1.73. The SMILES string of the molecule is NC(=O)c1cccnc1NCc1ccnc(OCC(F)(F)F)c1. The summed E-state index contributed by atoms with van der Waals surface area (Å²) in [6, 6.07) is 6.05. The van der Waals surface area contributed by atoms with E-state index in [1.807, 2.05) is 0 Å². The number of carbonyl (C=O) groups is 1. The summed E-state index contributed by atoms with van der Waals surface area (Å²) in [7, 11) is 0. The number of primary amides is 1. The highest BCUT2D eigenvalue weighted by Crippen LogP contribution is 2.18. The van der Waals surface area contributed by atoms with Crippen molar-refractivity contribution < 1.29 is 22.7 Å². The third-order valence-corrected chi connectivity index (χ3v) is 2.72. The molecular formula is C14H13F3N4O2. The molecule has 0 aliphatic carbocycles. The van der Waals surface area contributed by atoms with E-state index in [4.69, 9.17) is 5.73 Å². The average Bonchev–Trinajstić information content (AvgIpc) is 2.51. The summed E-state index contributed by atoms with van der Waals surface area (Å²) in [5.41, 5.74) is 6.06. The van der Waals surface area contributed by atoms with Gasteiger partial charge in [0.25, 0.3) is 5.91 Å². The molecule has 122 valence electrons. The number of alkyl halides is 3. The summed E-state index contributed by atoms with van der Waals surface area (Å²) in [6.45, 7) is -1.20. The van der Waals surface area contributed by atoms with E-state index in [1.165, 1.54) is 24.5 Å². The Kier molecular flexibility index (Phi) is 4.99. The number of amides is 1. The second-order valence-corrected chi connectivity index (χ2v) is 4.52. The fourth-order valence-electron chi connectivity index (χ4n) is 1.73. The number of carbonyl (C=O) groups excluding carboxylic acids is 1. The maximum atomic E-state index is 12.1. The van der Waals surface area contributed by atoms with Gasteiger partial charge >= 0.3 is 6.18 Å². The molecular weight excluding hydrogens is 313 g/mol. The maximum absolute atomic E-state index is 12.1. The standard InChI is InChI=1S/C14H13F3N4O2/c15-14(16,17)8-23-11-6-9(3-5-19-11)7-21-13-10(12(18)22)2-1-4-20-13/h1-6H,7-8H2,(H2,18,22)(H,20,21). The van der Waals surface area contributed by atoms with Gasteiger partial charge in [-0.25, -0.2) is 9.97 Å². The van der Waals surface area contributed by atoms with Crippen LogP contribution in [0.15, 0.2) is 36.7 Å². The van der Waals surface area contributed by atoms with Gasteiger partial charge in [0.1, 0.15) is 5.82 Å². The van der Waals surface area contributed by atoms with Crippen LogP contribution in [-0.4, -0.2) is 28.7 Å². The van der Waals surface area contributed by atoms with Gasteiger partial charge in [0.15, 0.2) is 6.61 Å². The Balaban J connectivity index is 2.03. The lowest BCUT2D eigenvalue weighted by atomic mass is 10.2. The van der Waals surface area contributed by atoms with Crippen molar-refractivity contribution in [3.63, 3.8) is 0 Å². The van der Waals surface area contributed by atoms with Crippen molar-refractivity contribution in [1.82, 2.24) is 9.97 Å². The molecule has 23 heavy (non-hydrogen) atoms. The molecule has 2 aromatic heterocycles. The molecule has 9 heteroatoms. The Morgan fingerprint density at radius 3 is 2.74 bits per heavy atom. The Bertz CT molecular complexity index is 692. The monoisotopic (exact) mass is 326 g/mol. The molecule has 0 atom stereocenters. The quantitative estimate of drug-likeness (QED) is 0.849. The summed E-state index contributed by atoms with van der Waals surface area (Å²) in [5, 5.41) is 2.89. The molecule has 2 rings (SSSR count). The van der Waals surface area contributed by atoms with Crippen LogP contribution in [0.5, 0.6) is 5.88 Å². The third-order valence-electron chi connectivity index (χ3n) is 2.72. The molecule has 0 aliphatic heterocycles. The van der Waals surface area contributed by atoms with Crippen LogP contribution >= 0.6 is 0 Å². The van der Waals surface area contributed by atoms with E-state index in [0.717, 1.165) is 0 Å². The Labute approximate surface area is 129 Å². The van der Waals surface area contributed by atoms with Crippen LogP contribution in [0.3, 0.4) is 0 Å². The number of pyridine rings is 2. The van der Waals surface area contributed by atoms with E-state index in [2.05, 4.69) is 20.0 Å². The number of halogens is 3. The first-order valence-corrected chi connectivity index (χ1v) is 6.48. The van der Waals surface area contributed by atoms with Crippen molar-refractivity contribution in [2.75, 3.05) is 11.9 Å². The highest BCUT2D eigenvalue weighted by molar-refractivity contribution is 5.97. The minimum atomic E-state index is -4.43. The lowest BCUT2D eigenvalue weighted by Crippen LogP contribution is -2.19. The van der Waals surface area contributed by atoms with Crippen molar-refractivity contribution in [3.8, 4) is 5.88 Å². The average molecular weight is 326 g/mol. The Morgan fingerprint density at radius 2 is 2.04 bits per heavy atom. The van der Waals surface area contributed by atoms with Crippen molar-refractivity contribution in [3.05, 3.63) is 47.8 Å². The van der Waals surface area contributed by atoms with Gasteiger partial charge in [0, 0.05) is 25.0 Å². The third kappa shape index (κ3) is 5.13. The van der Waals surface area contributed by atoms with Crippen LogP contribution in [0.1, 0.15) is 15.9 Å². The van der Waals surface area contributed by atoms with Crippen molar-refractivity contribution >= 4 is 11.7 Å². The molecule has 0 spiro atoms. The summed E-state index contributed by atoms with van der Waals surface area (Å²) in [4.78, 5) is 19.0. The molecule has 2 aromatic rings. The normalized spacial score (nSPS) is 11.1. The number of ether oxygens (including phenoxy) is 1. The van der Waals surface area contributed by atoms with Gasteiger partial charge in [-0.15, -0.1) is 0 Å². The van der Waals surface area contributed by atoms with Crippen molar-refractivity contribution in [1.29, 1.82) is 0 Å². The molecule has 2 heterocycles. The molecule has 3 N–H and O–H groups in total. The Morgan fingerprint density at radius 1 is 1.26 bits per heavy atom. The molecule has 0 bridgehead atoms. The topological polar surface area (TPSA) is 90.1 Å². The van der Waals surface area contributed by atoms with E-state index >= 15 is 0 Å². The first-order valence-electron chi connectivity index (χ1n) is 6.48. The zero-order valence-electron chi connectivity index (χ0n) is 11.8. The van der Waals surface area contributed by atoms with Gasteiger partial charge in [0.05, 0.1) is 5.56 Å². The first kappa shape index (κ1) is 16.5. The summed E-state index contributed by atoms with van der Waals surface area (Å²) < 4.78 is 40.9. The second kappa shape index (κ2) is 6.95. The number of hydrogen-bond acceptors (Lipinski definition) is 5. The molecule has 0 saturated heterocycles. The van der Waals surface area contributed by atoms with E-state index in [9.17, 15) is 18.0 Å². The number of nitrogens with zero attached hydrogens (tertiary/aromatic N) is 2. The fraction of sp³-hybridized carbons (Fsp3) is 0.214. The molecule has 6 nitrogen and oxygen atoms in total. The van der Waals surface area contributed by atoms with E-state index < -0.39 is 18.7 Å². The van der Waals surface area contributed by atoms with E-state index in [-0.39, 0.29) is 23.8 Å². The van der Waals surface area contributed by atoms with Gasteiger partial charge in [0.2, 0.25) is 5.88 Å². The highest BCUT2D eigenvalue weighted by atomic mass is 19.4. The summed E-state index contributed by atoms with van der Waals surface area (Å²) in [6.07, 6.45) is -1.62. The van der Waals surface area contributed by atoms with E-state index in [1.54, 1.807) is 12.1 Å². The van der Waals surface area contributed by atoms with Gasteiger partial charge < -0.3 is 15.8 Å². The second-order valence-electron chi connectivity index (χ2n) is 4.52. The van der Waals surface area contributed by atoms with Crippen molar-refractivity contribution in [2.24, 2.45) is 5.73 Å². The molecule has 0 saturated carbocycles. The minimum absolute atomic E-state index is 0.141. The van der Waals surface area contributed by atoms with Crippen LogP contribution in [0.25, 0.3) is 0 Å². The molecule has 0 fully saturated rings. The van der Waals surface area contributed by atoms with Gasteiger partial charge in [-0.05, 0) is 23.8 Å². The largest absolute Gasteiger partial charge is 0.468 e. The van der Waals surface area contributed by atoms with Crippen LogP contribution in [0.4, 0.5) is 19.0 Å². The Hall–Kier alpha value is -2.84. The maximum Gasteiger partial charge on any atom is 0.422 e.